The van der Waals surface area contributed by atoms with Crippen molar-refractivity contribution in [2.75, 3.05) is 6.54 Å². The molecule has 1 atom stereocenters. The minimum Gasteiger partial charge on any atom is -0.426 e. The Morgan fingerprint density at radius 1 is 1.34 bits per heavy atom. The lowest BCUT2D eigenvalue weighted by Gasteiger charge is -2.21. The van der Waals surface area contributed by atoms with Crippen molar-refractivity contribution in [3.63, 3.8) is 0 Å². The van der Waals surface area contributed by atoms with Gasteiger partial charge in [-0.15, -0.1) is 0 Å². The van der Waals surface area contributed by atoms with E-state index in [-0.39, 0.29) is 18.9 Å². The van der Waals surface area contributed by atoms with Gasteiger partial charge in [-0.1, -0.05) is 60.6 Å². The fraction of sp³-hybridized carbons (Fsp3) is 0.381. The standard InChI is InChI=1S/C21H31BN4O3/c1-2-16-7-6-8-17(13-16)14-20(22(28)29)25-21(27)11-12-26(24)15-19(23)18-9-4-3-5-10-18/h3-5,8-10,13,15,20,28-29H,2,6-7,11-12,14,23-24H2,1H3,(H,25,27)/b19-15-/t20-/m0/s1. The second-order valence-corrected chi connectivity index (χ2v) is 7.20. The van der Waals surface area contributed by atoms with Crippen LogP contribution in [0.4, 0.5) is 0 Å². The number of hydrogen-bond donors (Lipinski definition) is 5. The van der Waals surface area contributed by atoms with E-state index >= 15 is 0 Å². The van der Waals surface area contributed by atoms with Crippen molar-refractivity contribution in [2.24, 2.45) is 11.6 Å². The van der Waals surface area contributed by atoms with Gasteiger partial charge in [0.1, 0.15) is 0 Å². The highest BCUT2D eigenvalue weighted by atomic mass is 16.4. The Hall–Kier alpha value is -2.55. The topological polar surface area (TPSA) is 125 Å². The summed E-state index contributed by atoms with van der Waals surface area (Å²) in [7, 11) is -1.64. The number of rotatable bonds is 10. The highest BCUT2D eigenvalue weighted by Gasteiger charge is 2.26. The van der Waals surface area contributed by atoms with Gasteiger partial charge in [-0.25, -0.2) is 5.84 Å². The van der Waals surface area contributed by atoms with Crippen LogP contribution in [0.3, 0.4) is 0 Å². The second kappa shape index (κ2) is 11.5. The van der Waals surface area contributed by atoms with Crippen molar-refractivity contribution in [1.29, 1.82) is 0 Å². The fourth-order valence-electron chi connectivity index (χ4n) is 3.20. The summed E-state index contributed by atoms with van der Waals surface area (Å²) in [6.07, 6.45) is 9.17. The molecule has 1 amide bonds. The molecule has 7 nitrogen and oxygen atoms in total. The van der Waals surface area contributed by atoms with Gasteiger partial charge in [-0.05, 0) is 31.2 Å². The monoisotopic (exact) mass is 398 g/mol. The van der Waals surface area contributed by atoms with E-state index in [0.29, 0.717) is 12.1 Å². The molecule has 0 spiro atoms. The molecule has 1 aliphatic rings. The summed E-state index contributed by atoms with van der Waals surface area (Å²) in [6, 6.07) is 9.40. The van der Waals surface area contributed by atoms with Crippen LogP contribution < -0.4 is 16.9 Å². The Bertz CT molecular complexity index is 762. The van der Waals surface area contributed by atoms with Crippen LogP contribution in [-0.2, 0) is 4.79 Å². The van der Waals surface area contributed by atoms with Gasteiger partial charge >= 0.3 is 7.12 Å². The first-order chi connectivity index (χ1) is 13.9. The molecule has 0 saturated heterocycles. The van der Waals surface area contributed by atoms with Crippen LogP contribution >= 0.6 is 0 Å². The van der Waals surface area contributed by atoms with Crippen LogP contribution in [0.5, 0.6) is 0 Å². The van der Waals surface area contributed by atoms with E-state index in [4.69, 9.17) is 11.6 Å². The lowest BCUT2D eigenvalue weighted by atomic mass is 9.75. The number of amides is 1. The number of allylic oxidation sites excluding steroid dienone is 3. The van der Waals surface area contributed by atoms with Crippen molar-refractivity contribution in [1.82, 2.24) is 10.3 Å². The van der Waals surface area contributed by atoms with Gasteiger partial charge in [0.15, 0.2) is 0 Å². The molecule has 0 unspecified atom stereocenters. The van der Waals surface area contributed by atoms with Crippen molar-refractivity contribution in [3.05, 3.63) is 65.4 Å². The smallest absolute Gasteiger partial charge is 0.426 e. The molecule has 8 heteroatoms. The molecule has 0 aliphatic heterocycles. The summed E-state index contributed by atoms with van der Waals surface area (Å²) in [5.41, 5.74) is 9.71. The zero-order valence-electron chi connectivity index (χ0n) is 16.9. The van der Waals surface area contributed by atoms with Gasteiger partial charge in [0, 0.05) is 19.2 Å². The summed E-state index contributed by atoms with van der Waals surface area (Å²) < 4.78 is 0. The first kappa shape index (κ1) is 22.7. The first-order valence-electron chi connectivity index (χ1n) is 9.97. The van der Waals surface area contributed by atoms with Gasteiger partial charge in [0.2, 0.25) is 5.91 Å². The van der Waals surface area contributed by atoms with Crippen LogP contribution in [-0.4, -0.2) is 40.6 Å². The number of hydrogen-bond acceptors (Lipinski definition) is 6. The van der Waals surface area contributed by atoms with E-state index in [0.717, 1.165) is 30.4 Å². The molecule has 7 N–H and O–H groups in total. The third-order valence-corrected chi connectivity index (χ3v) is 4.89. The first-order valence-corrected chi connectivity index (χ1v) is 9.97. The maximum absolute atomic E-state index is 12.3. The van der Waals surface area contributed by atoms with E-state index in [1.807, 2.05) is 30.3 Å². The van der Waals surface area contributed by atoms with E-state index in [1.165, 1.54) is 10.6 Å². The van der Waals surface area contributed by atoms with Crippen molar-refractivity contribution in [3.8, 4) is 0 Å². The average molecular weight is 398 g/mol. The van der Waals surface area contributed by atoms with Crippen LogP contribution in [0.2, 0.25) is 0 Å². The van der Waals surface area contributed by atoms with Gasteiger partial charge in [0.05, 0.1) is 11.6 Å². The van der Waals surface area contributed by atoms with E-state index in [9.17, 15) is 14.8 Å². The molecule has 0 bridgehead atoms. The Morgan fingerprint density at radius 3 is 2.72 bits per heavy atom. The lowest BCUT2D eigenvalue weighted by molar-refractivity contribution is -0.121. The molecular weight excluding hydrogens is 367 g/mol. The molecule has 156 valence electrons. The third-order valence-electron chi connectivity index (χ3n) is 4.89. The Kier molecular flexibility index (Phi) is 8.98. The minimum atomic E-state index is -1.64. The van der Waals surface area contributed by atoms with Gasteiger partial charge in [-0.2, -0.15) is 0 Å². The molecule has 0 saturated carbocycles. The highest BCUT2D eigenvalue weighted by Crippen LogP contribution is 2.22. The van der Waals surface area contributed by atoms with E-state index in [1.54, 1.807) is 6.20 Å². The maximum atomic E-state index is 12.3. The Labute approximate surface area is 172 Å². The summed E-state index contributed by atoms with van der Waals surface area (Å²) in [6.45, 7) is 2.35. The van der Waals surface area contributed by atoms with Crippen LogP contribution in [0.1, 0.15) is 44.6 Å². The summed E-state index contributed by atoms with van der Waals surface area (Å²) in [4.78, 5) is 12.3. The summed E-state index contributed by atoms with van der Waals surface area (Å²) in [5.74, 6) is 4.84. The van der Waals surface area contributed by atoms with E-state index < -0.39 is 13.1 Å². The Morgan fingerprint density at radius 2 is 2.07 bits per heavy atom. The number of carbonyl (C=O) groups excluding carboxylic acids is 1. The minimum absolute atomic E-state index is 0.105. The summed E-state index contributed by atoms with van der Waals surface area (Å²) >= 11 is 0. The quantitative estimate of drug-likeness (QED) is 0.231. The highest BCUT2D eigenvalue weighted by molar-refractivity contribution is 6.43. The SMILES string of the molecule is CCC1=CC(C[C@H](NC(=O)CCN(N)/C=C(\N)c2ccccc2)B(O)O)=CCC1. The number of hydrazine groups is 1. The molecule has 29 heavy (non-hydrogen) atoms. The number of carbonyl (C=O) groups is 1. The molecule has 1 aromatic carbocycles. The van der Waals surface area contributed by atoms with Gasteiger partial charge in [0.25, 0.3) is 0 Å². The molecular formula is C21H31BN4O3. The molecule has 2 rings (SSSR count). The zero-order valence-corrected chi connectivity index (χ0v) is 16.9. The fourth-order valence-corrected chi connectivity index (χ4v) is 3.20. The normalized spacial score (nSPS) is 15.2. The molecule has 0 heterocycles. The lowest BCUT2D eigenvalue weighted by Crippen LogP contribution is -2.47. The third kappa shape index (κ3) is 7.77. The number of nitrogens with one attached hydrogen (secondary N) is 1. The molecule has 1 aromatic rings. The Balaban J connectivity index is 1.85. The van der Waals surface area contributed by atoms with E-state index in [2.05, 4.69) is 24.4 Å². The maximum Gasteiger partial charge on any atom is 0.475 e. The predicted octanol–water partition coefficient (Wildman–Crippen LogP) is 1.45. The summed E-state index contributed by atoms with van der Waals surface area (Å²) in [5, 5.41) is 23.4. The number of benzene rings is 1. The van der Waals surface area contributed by atoms with Crippen LogP contribution in [0.15, 0.2) is 59.8 Å². The number of nitrogens with two attached hydrogens (primary N) is 2. The van der Waals surface area contributed by atoms with Crippen LogP contribution in [0, 0.1) is 0 Å². The van der Waals surface area contributed by atoms with Crippen LogP contribution in [0.25, 0.3) is 5.70 Å². The van der Waals surface area contributed by atoms with Crippen molar-refractivity contribution in [2.45, 2.75) is 45.0 Å². The largest absolute Gasteiger partial charge is 0.475 e. The number of nitrogens with zero attached hydrogens (tertiary/aromatic N) is 1. The predicted molar refractivity (Wildman–Crippen MR) is 117 cm³/mol. The van der Waals surface area contributed by atoms with Crippen molar-refractivity contribution >= 4 is 18.7 Å². The van der Waals surface area contributed by atoms with Gasteiger partial charge < -0.3 is 26.1 Å². The van der Waals surface area contributed by atoms with Gasteiger partial charge in [-0.3, -0.25) is 4.79 Å². The average Bonchev–Trinajstić information content (AvgIpc) is 2.72. The molecule has 0 aromatic heterocycles. The molecule has 0 radical (unpaired) electrons. The second-order valence-electron chi connectivity index (χ2n) is 7.20. The van der Waals surface area contributed by atoms with Crippen molar-refractivity contribution < 1.29 is 14.8 Å². The molecule has 1 aliphatic carbocycles. The zero-order chi connectivity index (χ0) is 21.2. The molecule has 0 fully saturated rings.